The van der Waals surface area contributed by atoms with E-state index in [1.54, 1.807) is 6.07 Å². The van der Waals surface area contributed by atoms with E-state index in [2.05, 4.69) is 41.9 Å². The fourth-order valence-corrected chi connectivity index (χ4v) is 2.86. The van der Waals surface area contributed by atoms with Crippen LogP contribution in [-0.4, -0.2) is 36.4 Å². The number of anilines is 1. The Kier molecular flexibility index (Phi) is 9.87. The van der Waals surface area contributed by atoms with Gasteiger partial charge in [-0.15, -0.1) is 0 Å². The number of hydrogen-bond acceptors (Lipinski definition) is 5. The van der Waals surface area contributed by atoms with Gasteiger partial charge in [0, 0.05) is 33.3 Å². The van der Waals surface area contributed by atoms with Crippen molar-refractivity contribution in [2.45, 2.75) is 12.6 Å². The quantitative estimate of drug-likeness (QED) is 0.336. The lowest BCUT2D eigenvalue weighted by Crippen LogP contribution is -2.19. The number of rotatable bonds is 8. The molecule has 1 rings (SSSR count). The summed E-state index contributed by atoms with van der Waals surface area (Å²) in [5.74, 6) is 3.59. The standard InChI is InChI=1S/C14H15F3INO3S2/c1-21-13-4-3-11(5-7-23-18)9-12(13)19-6-2-8-24(20)22-10-14(15,16)17/h3-4,9,19H,2,6,8,10H2,1H3. The van der Waals surface area contributed by atoms with E-state index in [0.29, 0.717) is 24.4 Å². The van der Waals surface area contributed by atoms with Gasteiger partial charge in [0.2, 0.25) is 0 Å². The maximum atomic E-state index is 11.9. The van der Waals surface area contributed by atoms with Crippen molar-refractivity contribution in [1.82, 2.24) is 0 Å². The SMILES string of the molecule is COc1ccc(C#CSI)cc1NCCCS(=O)OCC(F)(F)F. The highest BCUT2D eigenvalue weighted by atomic mass is 127. The molecule has 0 aromatic heterocycles. The van der Waals surface area contributed by atoms with Crippen molar-refractivity contribution in [3.05, 3.63) is 23.8 Å². The zero-order valence-electron chi connectivity index (χ0n) is 12.6. The Hall–Kier alpha value is -0.640. The van der Waals surface area contributed by atoms with Crippen LogP contribution < -0.4 is 10.1 Å². The van der Waals surface area contributed by atoms with Crippen molar-refractivity contribution in [2.75, 3.05) is 31.3 Å². The molecule has 1 aromatic rings. The molecular formula is C14H15F3INO3S2. The van der Waals surface area contributed by atoms with Gasteiger partial charge in [0.15, 0.2) is 17.7 Å². The molecule has 1 atom stereocenters. The van der Waals surface area contributed by atoms with E-state index in [1.165, 1.54) is 16.0 Å². The lowest BCUT2D eigenvalue weighted by atomic mass is 10.2. The minimum atomic E-state index is -4.47. The molecule has 0 saturated heterocycles. The summed E-state index contributed by atoms with van der Waals surface area (Å²) in [6, 6.07) is 5.41. The molecule has 1 N–H and O–H groups in total. The predicted octanol–water partition coefficient (Wildman–Crippen LogP) is 4.13. The summed E-state index contributed by atoms with van der Waals surface area (Å²) in [6.07, 6.45) is -4.09. The van der Waals surface area contributed by atoms with Crippen molar-refractivity contribution in [2.24, 2.45) is 0 Å². The van der Waals surface area contributed by atoms with Gasteiger partial charge in [-0.05, 0) is 38.8 Å². The Labute approximate surface area is 157 Å². The molecule has 0 heterocycles. The third-order valence-corrected chi connectivity index (χ3v) is 4.43. The van der Waals surface area contributed by atoms with Crippen LogP contribution in [-0.2, 0) is 15.3 Å². The molecule has 134 valence electrons. The highest BCUT2D eigenvalue weighted by Crippen LogP contribution is 2.25. The molecule has 0 aliphatic carbocycles. The lowest BCUT2D eigenvalue weighted by molar-refractivity contribution is -0.151. The number of alkyl halides is 3. The van der Waals surface area contributed by atoms with Gasteiger partial charge >= 0.3 is 6.18 Å². The third-order valence-electron chi connectivity index (χ3n) is 2.59. The van der Waals surface area contributed by atoms with E-state index in [9.17, 15) is 17.4 Å². The minimum absolute atomic E-state index is 0.0103. The van der Waals surface area contributed by atoms with Gasteiger partial charge < -0.3 is 10.1 Å². The fraction of sp³-hybridized carbons (Fsp3) is 0.429. The second-order valence-corrected chi connectivity index (χ2v) is 7.32. The second-order valence-electron chi connectivity index (χ2n) is 4.38. The average molecular weight is 493 g/mol. The first kappa shape index (κ1) is 21.4. The van der Waals surface area contributed by atoms with E-state index in [-0.39, 0.29) is 5.75 Å². The van der Waals surface area contributed by atoms with Crippen LogP contribution in [0.4, 0.5) is 18.9 Å². The molecule has 10 heteroatoms. The Morgan fingerprint density at radius 2 is 2.17 bits per heavy atom. The normalized spacial score (nSPS) is 12.2. The molecule has 0 fully saturated rings. The van der Waals surface area contributed by atoms with Crippen molar-refractivity contribution < 1.29 is 26.3 Å². The largest absolute Gasteiger partial charge is 0.495 e. The molecule has 24 heavy (non-hydrogen) atoms. The van der Waals surface area contributed by atoms with E-state index in [4.69, 9.17) is 4.74 Å². The number of benzene rings is 1. The van der Waals surface area contributed by atoms with E-state index in [1.807, 2.05) is 12.1 Å². The molecule has 0 radical (unpaired) electrons. The fourth-order valence-electron chi connectivity index (χ4n) is 1.61. The molecule has 1 aromatic carbocycles. The summed E-state index contributed by atoms with van der Waals surface area (Å²) in [5, 5.41) is 5.97. The summed E-state index contributed by atoms with van der Waals surface area (Å²) in [6.45, 7) is -1.09. The van der Waals surface area contributed by atoms with Crippen LogP contribution >= 0.6 is 30.1 Å². The number of methoxy groups -OCH3 is 1. The average Bonchev–Trinajstić information content (AvgIpc) is 2.54. The van der Waals surface area contributed by atoms with Gasteiger partial charge in [-0.25, -0.2) is 4.21 Å². The van der Waals surface area contributed by atoms with Gasteiger partial charge in [-0.2, -0.15) is 13.2 Å². The van der Waals surface area contributed by atoms with E-state index < -0.39 is 23.9 Å². The van der Waals surface area contributed by atoms with Gasteiger partial charge in [0.25, 0.3) is 0 Å². The lowest BCUT2D eigenvalue weighted by Gasteiger charge is -2.11. The van der Waals surface area contributed by atoms with Crippen LogP contribution in [0.2, 0.25) is 0 Å². The zero-order valence-corrected chi connectivity index (χ0v) is 16.4. The van der Waals surface area contributed by atoms with Crippen LogP contribution in [0.5, 0.6) is 5.75 Å². The monoisotopic (exact) mass is 493 g/mol. The van der Waals surface area contributed by atoms with E-state index >= 15 is 0 Å². The number of halogens is 4. The van der Waals surface area contributed by atoms with Crippen molar-refractivity contribution in [1.29, 1.82) is 0 Å². The summed E-state index contributed by atoms with van der Waals surface area (Å²) in [5.41, 5.74) is 1.52. The van der Waals surface area contributed by atoms with Crippen LogP contribution in [0, 0.1) is 11.2 Å². The highest BCUT2D eigenvalue weighted by molar-refractivity contribution is 14.2. The number of ether oxygens (including phenoxy) is 1. The van der Waals surface area contributed by atoms with Crippen LogP contribution in [0.3, 0.4) is 0 Å². The summed E-state index contributed by atoms with van der Waals surface area (Å²) in [7, 11) is 2.91. The maximum Gasteiger partial charge on any atom is 0.413 e. The summed E-state index contributed by atoms with van der Waals surface area (Å²) < 4.78 is 56.6. The summed E-state index contributed by atoms with van der Waals surface area (Å²) in [4.78, 5) is 0. The molecule has 4 nitrogen and oxygen atoms in total. The second kappa shape index (κ2) is 11.1. The van der Waals surface area contributed by atoms with E-state index in [0.717, 1.165) is 5.56 Å². The van der Waals surface area contributed by atoms with Gasteiger partial charge in [-0.1, -0.05) is 5.92 Å². The number of hydrogen-bond donors (Lipinski definition) is 1. The molecular weight excluding hydrogens is 478 g/mol. The molecule has 0 bridgehead atoms. The topological polar surface area (TPSA) is 47.6 Å². The number of nitrogens with one attached hydrogen (secondary N) is 1. The third kappa shape index (κ3) is 9.00. The van der Waals surface area contributed by atoms with Crippen LogP contribution in [0.15, 0.2) is 18.2 Å². The molecule has 0 aliphatic rings. The zero-order chi connectivity index (χ0) is 18.0. The Balaban J connectivity index is 2.47. The van der Waals surface area contributed by atoms with Gasteiger partial charge in [-0.3, -0.25) is 4.18 Å². The maximum absolute atomic E-state index is 11.9. The Bertz CT molecular complexity index is 618. The molecule has 0 spiro atoms. The molecule has 1 unspecified atom stereocenters. The molecule has 0 aliphatic heterocycles. The van der Waals surface area contributed by atoms with Crippen LogP contribution in [0.1, 0.15) is 12.0 Å². The first-order chi connectivity index (χ1) is 11.4. The van der Waals surface area contributed by atoms with Crippen molar-refractivity contribution in [3.63, 3.8) is 0 Å². The first-order valence-corrected chi connectivity index (χ1v) is 11.2. The van der Waals surface area contributed by atoms with Crippen LogP contribution in [0.25, 0.3) is 0 Å². The first-order valence-electron chi connectivity index (χ1n) is 6.64. The Morgan fingerprint density at radius 1 is 1.42 bits per heavy atom. The van der Waals surface area contributed by atoms with Gasteiger partial charge in [0.1, 0.15) is 5.75 Å². The summed E-state index contributed by atoms with van der Waals surface area (Å²) >= 11 is 0.116. The smallest absolute Gasteiger partial charge is 0.413 e. The van der Waals surface area contributed by atoms with Crippen molar-refractivity contribution >= 4 is 46.9 Å². The minimum Gasteiger partial charge on any atom is -0.495 e. The van der Waals surface area contributed by atoms with Crippen molar-refractivity contribution in [3.8, 4) is 16.9 Å². The Morgan fingerprint density at radius 3 is 2.79 bits per heavy atom. The van der Waals surface area contributed by atoms with Gasteiger partial charge in [0.05, 0.1) is 18.6 Å². The molecule has 0 saturated carbocycles. The molecule has 0 amide bonds. The predicted molar refractivity (Wildman–Crippen MR) is 99.6 cm³/mol. The highest BCUT2D eigenvalue weighted by Gasteiger charge is 2.28.